The van der Waals surface area contributed by atoms with E-state index >= 15 is 0 Å². The van der Waals surface area contributed by atoms with Crippen molar-refractivity contribution in [1.82, 2.24) is 9.88 Å². The fourth-order valence-corrected chi connectivity index (χ4v) is 2.93. The lowest BCUT2D eigenvalue weighted by molar-refractivity contribution is -0.136. The van der Waals surface area contributed by atoms with Gasteiger partial charge >= 0.3 is 5.97 Å². The van der Waals surface area contributed by atoms with Crippen LogP contribution in [0.1, 0.15) is 5.69 Å². The third-order valence-corrected chi connectivity index (χ3v) is 3.68. The van der Waals surface area contributed by atoms with Crippen molar-refractivity contribution < 1.29 is 9.90 Å². The number of carboxylic acids is 1. The Morgan fingerprint density at radius 3 is 3.00 bits per heavy atom. The van der Waals surface area contributed by atoms with E-state index in [9.17, 15) is 4.79 Å². The summed E-state index contributed by atoms with van der Waals surface area (Å²) in [6.45, 7) is 0.999. The summed E-state index contributed by atoms with van der Waals surface area (Å²) in [5, 5.41) is 10.4. The second kappa shape index (κ2) is 6.09. The predicted octanol–water partition coefficient (Wildman–Crippen LogP) is 1.42. The van der Waals surface area contributed by atoms with Gasteiger partial charge in [0, 0.05) is 17.7 Å². The average molecular weight is 246 g/mol. The molecule has 4 nitrogen and oxygen atoms in total. The van der Waals surface area contributed by atoms with Crippen LogP contribution in [0.25, 0.3) is 0 Å². The van der Waals surface area contributed by atoms with Crippen LogP contribution in [0.4, 0.5) is 0 Å². The van der Waals surface area contributed by atoms with E-state index in [0.717, 1.165) is 16.6 Å². The summed E-state index contributed by atoms with van der Waals surface area (Å²) in [5.74, 6) is 0.151. The monoisotopic (exact) mass is 246 g/mol. The van der Waals surface area contributed by atoms with Crippen LogP contribution in [0.15, 0.2) is 9.72 Å². The molecule has 0 bridgehead atoms. The molecule has 6 heteroatoms. The number of rotatable bonds is 6. The van der Waals surface area contributed by atoms with Gasteiger partial charge in [-0.3, -0.25) is 4.79 Å². The average Bonchev–Trinajstić information content (AvgIpc) is 2.50. The fourth-order valence-electron chi connectivity index (χ4n) is 0.906. The molecule has 0 spiro atoms. The molecule has 0 saturated carbocycles. The lowest BCUT2D eigenvalue weighted by atomic mass is 10.3. The maximum Gasteiger partial charge on any atom is 0.309 e. The van der Waals surface area contributed by atoms with Gasteiger partial charge < -0.3 is 10.0 Å². The molecule has 0 unspecified atom stereocenters. The van der Waals surface area contributed by atoms with E-state index in [1.807, 2.05) is 19.5 Å². The molecule has 0 saturated heterocycles. The number of aromatic nitrogens is 1. The van der Waals surface area contributed by atoms with E-state index in [0.29, 0.717) is 5.69 Å². The number of hydrogen-bond donors (Lipinski definition) is 1. The van der Waals surface area contributed by atoms with E-state index in [1.165, 1.54) is 11.3 Å². The number of carbonyl (C=O) groups is 1. The molecule has 0 aromatic carbocycles. The van der Waals surface area contributed by atoms with Crippen molar-refractivity contribution in [2.24, 2.45) is 0 Å². The number of thiazole rings is 1. The summed E-state index contributed by atoms with van der Waals surface area (Å²) < 4.78 is 0.952. The maximum absolute atomic E-state index is 10.4. The highest BCUT2D eigenvalue weighted by Crippen LogP contribution is 2.22. The van der Waals surface area contributed by atoms with Gasteiger partial charge in [-0.2, -0.15) is 0 Å². The van der Waals surface area contributed by atoms with Crippen LogP contribution in [-0.4, -0.2) is 47.4 Å². The third-order valence-electron chi connectivity index (χ3n) is 1.63. The summed E-state index contributed by atoms with van der Waals surface area (Å²) in [4.78, 5) is 16.8. The lowest BCUT2D eigenvalue weighted by Crippen LogP contribution is -2.14. The lowest BCUT2D eigenvalue weighted by Gasteiger charge is -2.06. The Bertz CT molecular complexity index is 326. The zero-order chi connectivity index (χ0) is 11.3. The Labute approximate surface area is 97.3 Å². The number of hydrogen-bond acceptors (Lipinski definition) is 5. The van der Waals surface area contributed by atoms with Gasteiger partial charge in [0.2, 0.25) is 0 Å². The van der Waals surface area contributed by atoms with Crippen LogP contribution in [0.5, 0.6) is 0 Å². The van der Waals surface area contributed by atoms with E-state index < -0.39 is 5.97 Å². The Morgan fingerprint density at radius 1 is 1.67 bits per heavy atom. The van der Waals surface area contributed by atoms with Crippen molar-refractivity contribution in [1.29, 1.82) is 0 Å². The highest BCUT2D eigenvalue weighted by Gasteiger charge is 2.06. The second-order valence-corrected chi connectivity index (χ2v) is 5.53. The topological polar surface area (TPSA) is 53.4 Å². The van der Waals surface area contributed by atoms with E-state index in [-0.39, 0.29) is 6.42 Å². The van der Waals surface area contributed by atoms with Crippen molar-refractivity contribution in [3.05, 3.63) is 11.1 Å². The highest BCUT2D eigenvalue weighted by atomic mass is 32.2. The number of nitrogens with zero attached hydrogens (tertiary/aromatic N) is 2. The van der Waals surface area contributed by atoms with Crippen LogP contribution in [0, 0.1) is 0 Å². The normalized spacial score (nSPS) is 10.9. The van der Waals surface area contributed by atoms with Gasteiger partial charge in [0.15, 0.2) is 0 Å². The Hall–Kier alpha value is -0.590. The molecule has 1 N–H and O–H groups in total. The molecule has 1 aromatic rings. The Balaban J connectivity index is 2.36. The molecular formula is C9H14N2O2S2. The molecule has 1 rings (SSSR count). The molecule has 0 amide bonds. The molecule has 84 valence electrons. The molecule has 0 aliphatic rings. The fraction of sp³-hybridized carbons (Fsp3) is 0.556. The minimum Gasteiger partial charge on any atom is -0.481 e. The van der Waals surface area contributed by atoms with Crippen LogP contribution < -0.4 is 0 Å². The SMILES string of the molecule is CN(C)CCSc1nc(CC(=O)O)cs1. The third kappa shape index (κ3) is 5.15. The van der Waals surface area contributed by atoms with Crippen molar-refractivity contribution in [3.63, 3.8) is 0 Å². The maximum atomic E-state index is 10.4. The molecule has 0 aliphatic carbocycles. The number of carboxylic acid groups (broad SMARTS) is 1. The molecule has 0 radical (unpaired) electrons. The van der Waals surface area contributed by atoms with E-state index in [1.54, 1.807) is 11.8 Å². The molecule has 1 aromatic heterocycles. The van der Waals surface area contributed by atoms with Gasteiger partial charge in [-0.25, -0.2) is 4.98 Å². The first-order valence-corrected chi connectivity index (χ1v) is 6.38. The quantitative estimate of drug-likeness (QED) is 0.769. The van der Waals surface area contributed by atoms with Crippen LogP contribution >= 0.6 is 23.1 Å². The molecule has 0 aliphatic heterocycles. The largest absolute Gasteiger partial charge is 0.481 e. The van der Waals surface area contributed by atoms with Crippen molar-refractivity contribution in [2.75, 3.05) is 26.4 Å². The van der Waals surface area contributed by atoms with Crippen molar-refractivity contribution >= 4 is 29.1 Å². The standard InChI is InChI=1S/C9H14N2O2S2/c1-11(2)3-4-14-9-10-7(6-15-9)5-8(12)13/h6H,3-5H2,1-2H3,(H,12,13). The van der Waals surface area contributed by atoms with Crippen LogP contribution in [0.3, 0.4) is 0 Å². The zero-order valence-electron chi connectivity index (χ0n) is 8.77. The summed E-state index contributed by atoms with van der Waals surface area (Å²) in [6.07, 6.45) is 0.0186. The zero-order valence-corrected chi connectivity index (χ0v) is 10.4. The van der Waals surface area contributed by atoms with Crippen LogP contribution in [0.2, 0.25) is 0 Å². The summed E-state index contributed by atoms with van der Waals surface area (Å²) in [5.41, 5.74) is 0.653. The van der Waals surface area contributed by atoms with Gasteiger partial charge in [-0.15, -0.1) is 11.3 Å². The first kappa shape index (κ1) is 12.5. The van der Waals surface area contributed by atoms with Gasteiger partial charge in [-0.05, 0) is 14.1 Å². The van der Waals surface area contributed by atoms with E-state index in [4.69, 9.17) is 5.11 Å². The smallest absolute Gasteiger partial charge is 0.309 e. The van der Waals surface area contributed by atoms with Crippen LogP contribution in [-0.2, 0) is 11.2 Å². The van der Waals surface area contributed by atoms with E-state index in [2.05, 4.69) is 9.88 Å². The molecule has 1 heterocycles. The van der Waals surface area contributed by atoms with Crippen molar-refractivity contribution in [2.45, 2.75) is 10.8 Å². The summed E-state index contributed by atoms with van der Waals surface area (Å²) in [7, 11) is 4.05. The number of aliphatic carboxylic acids is 1. The first-order chi connectivity index (χ1) is 7.08. The Morgan fingerprint density at radius 2 is 2.40 bits per heavy atom. The van der Waals surface area contributed by atoms with Crippen molar-refractivity contribution in [3.8, 4) is 0 Å². The predicted molar refractivity (Wildman–Crippen MR) is 62.7 cm³/mol. The molecule has 0 atom stereocenters. The highest BCUT2D eigenvalue weighted by molar-refractivity contribution is 8.01. The molecule has 15 heavy (non-hydrogen) atoms. The Kier molecular flexibility index (Phi) is 5.07. The molecular weight excluding hydrogens is 232 g/mol. The summed E-state index contributed by atoms with van der Waals surface area (Å²) >= 11 is 3.18. The van der Waals surface area contributed by atoms with Gasteiger partial charge in [0.1, 0.15) is 4.34 Å². The second-order valence-electron chi connectivity index (χ2n) is 3.33. The van der Waals surface area contributed by atoms with Gasteiger partial charge in [0.05, 0.1) is 12.1 Å². The van der Waals surface area contributed by atoms with Gasteiger partial charge in [-0.1, -0.05) is 11.8 Å². The molecule has 0 fully saturated rings. The minimum absolute atomic E-state index is 0.0186. The van der Waals surface area contributed by atoms with Gasteiger partial charge in [0.25, 0.3) is 0 Å². The first-order valence-electron chi connectivity index (χ1n) is 4.51. The summed E-state index contributed by atoms with van der Waals surface area (Å²) in [6, 6.07) is 0. The number of thioether (sulfide) groups is 1. The minimum atomic E-state index is -0.829.